The van der Waals surface area contributed by atoms with E-state index in [4.69, 9.17) is 51.1 Å². The van der Waals surface area contributed by atoms with E-state index in [0.29, 0.717) is 5.57 Å². The third kappa shape index (κ3) is 5.54. The second-order valence-corrected chi connectivity index (χ2v) is 8.39. The molecule has 0 unspecified atom stereocenters. The number of amides is 1. The zero-order valence-electron chi connectivity index (χ0n) is 13.8. The SMILES string of the molecule is COC(=O)C(=C(C)C)N1C(=O)[C@@H]([C@H](C)OC(=O)OCC(Cl)(Cl)Cl)[C@@H]1Cl. The van der Waals surface area contributed by atoms with Crippen LogP contribution in [0.2, 0.25) is 0 Å². The minimum Gasteiger partial charge on any atom is -0.464 e. The standard InChI is InChI=1S/C14H17Cl4NO6/c1-6(2)9(12(21)23-4)19-10(15)8(11(19)20)7(3)25-13(22)24-5-14(16,17)18/h7-8,10H,5H2,1-4H3/t7-,8-,10+/m0/s1. The minimum absolute atomic E-state index is 0.0507. The largest absolute Gasteiger partial charge is 0.508 e. The third-order valence-corrected chi connectivity index (χ3v) is 4.09. The van der Waals surface area contributed by atoms with Crippen LogP contribution in [0.25, 0.3) is 0 Å². The van der Waals surface area contributed by atoms with Crippen LogP contribution in [-0.2, 0) is 23.8 Å². The summed E-state index contributed by atoms with van der Waals surface area (Å²) in [5.74, 6) is -2.03. The fourth-order valence-corrected chi connectivity index (χ4v) is 2.85. The van der Waals surface area contributed by atoms with Crippen LogP contribution in [0.3, 0.4) is 0 Å². The number of hydrogen-bond donors (Lipinski definition) is 0. The summed E-state index contributed by atoms with van der Waals surface area (Å²) in [6.45, 7) is 4.24. The van der Waals surface area contributed by atoms with Crippen LogP contribution < -0.4 is 0 Å². The van der Waals surface area contributed by atoms with E-state index in [0.717, 1.165) is 4.90 Å². The molecule has 1 aliphatic heterocycles. The number of β-lactam (4-membered cyclic amide) rings is 1. The van der Waals surface area contributed by atoms with Gasteiger partial charge >= 0.3 is 12.1 Å². The average Bonchev–Trinajstić information content (AvgIpc) is 2.48. The number of nitrogens with zero attached hydrogens (tertiary/aromatic N) is 1. The number of alkyl halides is 4. The van der Waals surface area contributed by atoms with E-state index in [1.165, 1.54) is 14.0 Å². The summed E-state index contributed by atoms with van der Waals surface area (Å²) in [6, 6.07) is 0. The summed E-state index contributed by atoms with van der Waals surface area (Å²) in [5.41, 5.74) is -0.290. The van der Waals surface area contributed by atoms with Crippen LogP contribution in [0.15, 0.2) is 11.3 Å². The molecule has 1 fully saturated rings. The fourth-order valence-electron chi connectivity index (χ4n) is 2.18. The Balaban J connectivity index is 2.74. The molecule has 142 valence electrons. The molecule has 0 aliphatic carbocycles. The number of carbonyl (C=O) groups is 3. The molecule has 0 spiro atoms. The van der Waals surface area contributed by atoms with Gasteiger partial charge in [0.15, 0.2) is 0 Å². The first-order valence-corrected chi connectivity index (χ1v) is 8.60. The van der Waals surface area contributed by atoms with E-state index in [2.05, 4.69) is 9.47 Å². The predicted molar refractivity (Wildman–Crippen MR) is 92.6 cm³/mol. The van der Waals surface area contributed by atoms with E-state index >= 15 is 0 Å². The number of carbonyl (C=O) groups excluding carboxylic acids is 3. The Morgan fingerprint density at radius 1 is 1.28 bits per heavy atom. The van der Waals surface area contributed by atoms with Crippen LogP contribution in [-0.4, -0.2) is 52.0 Å². The predicted octanol–water partition coefficient (Wildman–Crippen LogP) is 3.39. The molecular formula is C14H17Cl4NO6. The van der Waals surface area contributed by atoms with E-state index in [1.54, 1.807) is 13.8 Å². The highest BCUT2D eigenvalue weighted by Gasteiger charge is 2.53. The zero-order valence-corrected chi connectivity index (χ0v) is 16.9. The lowest BCUT2D eigenvalue weighted by molar-refractivity contribution is -0.159. The van der Waals surface area contributed by atoms with Crippen molar-refractivity contribution in [1.82, 2.24) is 4.90 Å². The van der Waals surface area contributed by atoms with Crippen molar-refractivity contribution in [2.45, 2.75) is 36.2 Å². The zero-order chi connectivity index (χ0) is 19.5. The number of likely N-dealkylation sites (tertiary alicyclic amines) is 1. The maximum absolute atomic E-state index is 12.4. The lowest BCUT2D eigenvalue weighted by Crippen LogP contribution is -2.62. The molecule has 0 bridgehead atoms. The molecule has 1 heterocycles. The molecule has 0 saturated carbocycles. The molecule has 1 amide bonds. The van der Waals surface area contributed by atoms with Gasteiger partial charge in [-0.3, -0.25) is 9.69 Å². The monoisotopic (exact) mass is 435 g/mol. The van der Waals surface area contributed by atoms with Crippen LogP contribution >= 0.6 is 46.4 Å². The van der Waals surface area contributed by atoms with Gasteiger partial charge < -0.3 is 14.2 Å². The Labute approximate surface area is 165 Å². The Kier molecular flexibility index (Phi) is 7.68. The highest BCUT2D eigenvalue weighted by molar-refractivity contribution is 6.67. The third-order valence-electron chi connectivity index (χ3n) is 3.30. The molecule has 0 radical (unpaired) electrons. The summed E-state index contributed by atoms with van der Waals surface area (Å²) < 4.78 is 12.5. The van der Waals surface area contributed by atoms with Crippen LogP contribution in [0.1, 0.15) is 20.8 Å². The number of hydrogen-bond acceptors (Lipinski definition) is 6. The van der Waals surface area contributed by atoms with Crippen LogP contribution in [0.4, 0.5) is 4.79 Å². The molecule has 0 aromatic rings. The normalized spacial score (nSPS) is 21.1. The molecule has 1 saturated heterocycles. The van der Waals surface area contributed by atoms with Gasteiger partial charge in [0.1, 0.15) is 29.8 Å². The van der Waals surface area contributed by atoms with Gasteiger partial charge in [-0.1, -0.05) is 46.4 Å². The van der Waals surface area contributed by atoms with Crippen LogP contribution in [0.5, 0.6) is 0 Å². The van der Waals surface area contributed by atoms with Gasteiger partial charge in [0.05, 0.1) is 7.11 Å². The van der Waals surface area contributed by atoms with Crippen LogP contribution in [0, 0.1) is 5.92 Å². The second-order valence-electron chi connectivity index (χ2n) is 5.42. The van der Waals surface area contributed by atoms with E-state index in [-0.39, 0.29) is 5.70 Å². The number of rotatable bonds is 5. The fraction of sp³-hybridized carbons (Fsp3) is 0.643. The molecule has 0 aromatic carbocycles. The van der Waals surface area contributed by atoms with Gasteiger partial charge in [-0.05, 0) is 26.3 Å². The number of allylic oxidation sites excluding steroid dienone is 1. The molecule has 7 nitrogen and oxygen atoms in total. The van der Waals surface area contributed by atoms with Gasteiger partial charge in [-0.15, -0.1) is 0 Å². The van der Waals surface area contributed by atoms with Gasteiger partial charge in [0.2, 0.25) is 9.70 Å². The van der Waals surface area contributed by atoms with Crippen molar-refractivity contribution in [2.24, 2.45) is 5.92 Å². The van der Waals surface area contributed by atoms with E-state index < -0.39 is 46.0 Å². The summed E-state index contributed by atoms with van der Waals surface area (Å²) in [5, 5.41) is 0. The maximum Gasteiger partial charge on any atom is 0.508 e. The Morgan fingerprint density at radius 2 is 1.84 bits per heavy atom. The van der Waals surface area contributed by atoms with Gasteiger partial charge in [0, 0.05) is 0 Å². The Morgan fingerprint density at radius 3 is 2.24 bits per heavy atom. The van der Waals surface area contributed by atoms with Crippen molar-refractivity contribution in [1.29, 1.82) is 0 Å². The van der Waals surface area contributed by atoms with Crippen molar-refractivity contribution in [2.75, 3.05) is 13.7 Å². The number of esters is 1. The van der Waals surface area contributed by atoms with Crippen molar-refractivity contribution in [3.05, 3.63) is 11.3 Å². The summed E-state index contributed by atoms with van der Waals surface area (Å²) >= 11 is 22.6. The summed E-state index contributed by atoms with van der Waals surface area (Å²) in [6.07, 6.45) is -2.02. The summed E-state index contributed by atoms with van der Waals surface area (Å²) in [7, 11) is 1.20. The van der Waals surface area contributed by atoms with E-state index in [9.17, 15) is 14.4 Å². The summed E-state index contributed by atoms with van der Waals surface area (Å²) in [4.78, 5) is 36.9. The quantitative estimate of drug-likeness (QED) is 0.216. The first kappa shape index (κ1) is 22.2. The van der Waals surface area contributed by atoms with Gasteiger partial charge in [-0.2, -0.15) is 0 Å². The maximum atomic E-state index is 12.4. The smallest absolute Gasteiger partial charge is 0.464 e. The first-order chi connectivity index (χ1) is 11.4. The lowest BCUT2D eigenvalue weighted by Gasteiger charge is -2.45. The highest BCUT2D eigenvalue weighted by atomic mass is 35.6. The molecule has 11 heteroatoms. The average molecular weight is 437 g/mol. The van der Waals surface area contributed by atoms with Gasteiger partial charge in [-0.25, -0.2) is 9.59 Å². The number of methoxy groups -OCH3 is 1. The number of ether oxygens (including phenoxy) is 3. The van der Waals surface area contributed by atoms with Gasteiger partial charge in [0.25, 0.3) is 0 Å². The highest BCUT2D eigenvalue weighted by Crippen LogP contribution is 2.38. The van der Waals surface area contributed by atoms with Crippen molar-refractivity contribution in [3.63, 3.8) is 0 Å². The molecule has 1 rings (SSSR count). The lowest BCUT2D eigenvalue weighted by atomic mass is 9.91. The second kappa shape index (κ2) is 8.66. The van der Waals surface area contributed by atoms with Crippen molar-refractivity contribution < 1.29 is 28.6 Å². The molecule has 1 aliphatic rings. The van der Waals surface area contributed by atoms with E-state index in [1.807, 2.05) is 0 Å². The topological polar surface area (TPSA) is 82.1 Å². The molecule has 3 atom stereocenters. The van der Waals surface area contributed by atoms with Crippen molar-refractivity contribution >= 4 is 64.4 Å². The molecular weight excluding hydrogens is 420 g/mol. The molecule has 25 heavy (non-hydrogen) atoms. The Hall–Kier alpha value is -0.890. The Bertz CT molecular complexity index is 584. The molecule has 0 aromatic heterocycles. The molecule has 0 N–H and O–H groups in total. The number of halogens is 4. The minimum atomic E-state index is -1.78. The van der Waals surface area contributed by atoms with Crippen molar-refractivity contribution in [3.8, 4) is 0 Å². The first-order valence-electron chi connectivity index (χ1n) is 7.03.